The molecule has 0 unspecified atom stereocenters. The van der Waals surface area contributed by atoms with E-state index in [2.05, 4.69) is 10.7 Å². The zero-order valence-electron chi connectivity index (χ0n) is 11.3. The first-order valence-corrected chi connectivity index (χ1v) is 5.91. The van der Waals surface area contributed by atoms with E-state index in [9.17, 15) is 27.9 Å². The summed E-state index contributed by atoms with van der Waals surface area (Å²) >= 11 is 0. The number of rotatable bonds is 4. The van der Waals surface area contributed by atoms with E-state index >= 15 is 0 Å². The highest BCUT2D eigenvalue weighted by atomic mass is 19.4. The molecule has 5 nitrogen and oxygen atoms in total. The Labute approximate surface area is 124 Å². The Balaban J connectivity index is 3.34. The second-order valence-corrected chi connectivity index (χ2v) is 4.12. The van der Waals surface area contributed by atoms with Crippen LogP contribution in [0.3, 0.4) is 0 Å². The number of alkyl halides is 3. The van der Waals surface area contributed by atoms with Gasteiger partial charge in [0.05, 0.1) is 7.11 Å². The smallest absolute Gasteiger partial charge is 0.431 e. The summed E-state index contributed by atoms with van der Waals surface area (Å²) in [5.74, 6) is 2.26. The number of ether oxygens (including phenoxy) is 1. The maximum atomic E-state index is 13.2. The van der Waals surface area contributed by atoms with Crippen LogP contribution in [0.1, 0.15) is 5.56 Å². The summed E-state index contributed by atoms with van der Waals surface area (Å²) in [5.41, 5.74) is -3.60. The molecule has 0 aliphatic heterocycles. The maximum absolute atomic E-state index is 13.2. The van der Waals surface area contributed by atoms with Crippen molar-refractivity contribution < 1.29 is 32.6 Å². The number of benzene rings is 1. The van der Waals surface area contributed by atoms with Gasteiger partial charge >= 0.3 is 12.1 Å². The zero-order chi connectivity index (χ0) is 16.8. The summed E-state index contributed by atoms with van der Waals surface area (Å²) in [4.78, 5) is 21.9. The lowest BCUT2D eigenvalue weighted by atomic mass is 9.93. The average Bonchev–Trinajstić information content (AvgIpc) is 2.49. The van der Waals surface area contributed by atoms with Gasteiger partial charge < -0.3 is 15.2 Å². The summed E-state index contributed by atoms with van der Waals surface area (Å²) in [7, 11) is 0.823. The molecule has 1 amide bonds. The number of amides is 1. The van der Waals surface area contributed by atoms with Crippen LogP contribution in [0.15, 0.2) is 30.3 Å². The third-order valence-electron chi connectivity index (χ3n) is 2.69. The number of nitrogens with one attached hydrogen (secondary N) is 1. The minimum atomic E-state index is -5.30. The first-order chi connectivity index (χ1) is 10.3. The molecule has 2 N–H and O–H groups in total. The number of hydrogen-bond acceptors (Lipinski definition) is 4. The van der Waals surface area contributed by atoms with Gasteiger partial charge in [0.15, 0.2) is 6.04 Å². The van der Waals surface area contributed by atoms with Crippen molar-refractivity contribution in [2.75, 3.05) is 7.11 Å². The Morgan fingerprint density at radius 3 is 2.41 bits per heavy atom. The van der Waals surface area contributed by atoms with Crippen LogP contribution < -0.4 is 5.32 Å². The van der Waals surface area contributed by atoms with Gasteiger partial charge in [-0.15, -0.1) is 0 Å². The van der Waals surface area contributed by atoms with Gasteiger partial charge in [-0.2, -0.15) is 13.2 Å². The topological polar surface area (TPSA) is 75.6 Å². The molecule has 8 heteroatoms. The molecule has 0 saturated heterocycles. The van der Waals surface area contributed by atoms with Crippen molar-refractivity contribution in [3.8, 4) is 11.8 Å². The first kappa shape index (κ1) is 17.5. The third kappa shape index (κ3) is 3.77. The van der Waals surface area contributed by atoms with E-state index < -0.39 is 23.8 Å². The fraction of sp³-hybridized carbons (Fsp3) is 0.286. The molecule has 0 bridgehead atoms. The van der Waals surface area contributed by atoms with Gasteiger partial charge in [-0.3, -0.25) is 4.79 Å². The molecule has 0 radical (unpaired) electrons. The van der Waals surface area contributed by atoms with E-state index in [1.165, 1.54) is 24.3 Å². The van der Waals surface area contributed by atoms with Crippen molar-refractivity contribution in [3.05, 3.63) is 35.9 Å². The quantitative estimate of drug-likeness (QED) is 0.485. The Morgan fingerprint density at radius 1 is 1.36 bits per heavy atom. The highest BCUT2D eigenvalue weighted by molar-refractivity contribution is 5.81. The largest absolute Gasteiger partial charge is 0.467 e. The van der Waals surface area contributed by atoms with E-state index in [1.807, 2.05) is 0 Å². The van der Waals surface area contributed by atoms with Crippen molar-refractivity contribution >= 4 is 12.4 Å². The molecule has 0 spiro atoms. The zero-order valence-corrected chi connectivity index (χ0v) is 11.3. The molecule has 118 valence electrons. The SMILES string of the molecule is COC(=O)[C@@H](NC=O)[C@](O)(C#Cc1ccccc1)C(F)(F)F. The Hall–Kier alpha value is -2.53. The molecule has 0 aliphatic rings. The van der Waals surface area contributed by atoms with Crippen LogP contribution in [-0.4, -0.2) is 42.4 Å². The summed E-state index contributed by atoms with van der Waals surface area (Å²) in [5, 5.41) is 11.5. The second kappa shape index (κ2) is 6.95. The molecule has 22 heavy (non-hydrogen) atoms. The van der Waals surface area contributed by atoms with Crippen molar-refractivity contribution in [1.82, 2.24) is 5.32 Å². The number of halogens is 3. The average molecular weight is 315 g/mol. The summed E-state index contributed by atoms with van der Waals surface area (Å²) in [6.45, 7) is 0. The predicted octanol–water partition coefficient (Wildman–Crippen LogP) is 0.619. The van der Waals surface area contributed by atoms with E-state index in [1.54, 1.807) is 17.3 Å². The number of esters is 1. The van der Waals surface area contributed by atoms with Crippen LogP contribution in [-0.2, 0) is 14.3 Å². The predicted molar refractivity (Wildman–Crippen MR) is 69.3 cm³/mol. The Kier molecular flexibility index (Phi) is 5.54. The van der Waals surface area contributed by atoms with Crippen molar-refractivity contribution in [1.29, 1.82) is 0 Å². The third-order valence-corrected chi connectivity index (χ3v) is 2.69. The second-order valence-electron chi connectivity index (χ2n) is 4.12. The van der Waals surface area contributed by atoms with E-state index in [0.717, 1.165) is 7.11 Å². The van der Waals surface area contributed by atoms with Crippen LogP contribution in [0.5, 0.6) is 0 Å². The van der Waals surface area contributed by atoms with Gasteiger partial charge in [0, 0.05) is 5.56 Å². The van der Waals surface area contributed by atoms with Gasteiger partial charge in [0.25, 0.3) is 5.60 Å². The maximum Gasteiger partial charge on any atom is 0.431 e. The molecule has 0 heterocycles. The van der Waals surface area contributed by atoms with Crippen LogP contribution in [0.4, 0.5) is 13.2 Å². The molecule has 0 fully saturated rings. The molecular weight excluding hydrogens is 303 g/mol. The molecule has 2 atom stereocenters. The summed E-state index contributed by atoms with van der Waals surface area (Å²) in [6.07, 6.45) is -5.45. The van der Waals surface area contributed by atoms with Crippen LogP contribution in [0.25, 0.3) is 0 Å². The fourth-order valence-electron chi connectivity index (χ4n) is 1.54. The number of aliphatic hydroxyl groups is 1. The first-order valence-electron chi connectivity index (χ1n) is 5.91. The van der Waals surface area contributed by atoms with Crippen LogP contribution >= 0.6 is 0 Å². The number of carbonyl (C=O) groups excluding carboxylic acids is 2. The summed E-state index contributed by atoms with van der Waals surface area (Å²) in [6, 6.07) is 5.14. The number of carbonyl (C=O) groups is 2. The van der Waals surface area contributed by atoms with Crippen molar-refractivity contribution in [3.63, 3.8) is 0 Å². The van der Waals surface area contributed by atoms with Crippen molar-refractivity contribution in [2.45, 2.75) is 17.8 Å². The highest BCUT2D eigenvalue weighted by Gasteiger charge is 2.61. The lowest BCUT2D eigenvalue weighted by molar-refractivity contribution is -0.246. The van der Waals surface area contributed by atoms with E-state index in [4.69, 9.17) is 0 Å². The molecule has 0 saturated carbocycles. The number of hydrogen-bond donors (Lipinski definition) is 2. The highest BCUT2D eigenvalue weighted by Crippen LogP contribution is 2.33. The van der Waals surface area contributed by atoms with Gasteiger partial charge in [-0.05, 0) is 12.1 Å². The van der Waals surface area contributed by atoms with E-state index in [0.29, 0.717) is 0 Å². The van der Waals surface area contributed by atoms with Gasteiger partial charge in [0.2, 0.25) is 6.41 Å². The Bertz CT molecular complexity index is 592. The summed E-state index contributed by atoms with van der Waals surface area (Å²) < 4.78 is 43.7. The minimum absolute atomic E-state index is 0.150. The monoisotopic (exact) mass is 315 g/mol. The molecule has 1 rings (SSSR count). The van der Waals surface area contributed by atoms with Gasteiger partial charge in [-0.25, -0.2) is 4.79 Å². The van der Waals surface area contributed by atoms with Crippen LogP contribution in [0, 0.1) is 11.8 Å². The lowest BCUT2D eigenvalue weighted by Crippen LogP contribution is -2.62. The molecule has 1 aromatic rings. The lowest BCUT2D eigenvalue weighted by Gasteiger charge is -2.31. The molecular formula is C14H12F3NO4. The molecule has 0 aliphatic carbocycles. The van der Waals surface area contributed by atoms with Crippen LogP contribution in [0.2, 0.25) is 0 Å². The number of methoxy groups -OCH3 is 1. The minimum Gasteiger partial charge on any atom is -0.467 e. The van der Waals surface area contributed by atoms with Gasteiger partial charge in [-0.1, -0.05) is 30.0 Å². The van der Waals surface area contributed by atoms with E-state index in [-0.39, 0.29) is 12.0 Å². The fourth-order valence-corrected chi connectivity index (χ4v) is 1.54. The molecule has 0 aromatic heterocycles. The van der Waals surface area contributed by atoms with Gasteiger partial charge in [0.1, 0.15) is 0 Å². The van der Waals surface area contributed by atoms with Crippen molar-refractivity contribution in [2.24, 2.45) is 0 Å². The normalized spacial score (nSPS) is 14.8. The standard InChI is InChI=1S/C14H12F3NO4/c1-22-12(20)11(18-9-19)13(21,14(15,16)17)8-7-10-5-3-2-4-6-10/h2-6,9,11,21H,1H3,(H,18,19)/t11-,13-/m1/s1. The Morgan fingerprint density at radius 2 is 1.95 bits per heavy atom. The molecule has 1 aromatic carbocycles.